The highest BCUT2D eigenvalue weighted by molar-refractivity contribution is 6.03. The Hall–Kier alpha value is -0.980. The van der Waals surface area contributed by atoms with E-state index in [1.165, 1.54) is 0 Å². The van der Waals surface area contributed by atoms with E-state index in [9.17, 15) is 9.59 Å². The van der Waals surface area contributed by atoms with E-state index in [0.29, 0.717) is 0 Å². The molecule has 1 rings (SSSR count). The van der Waals surface area contributed by atoms with Crippen LogP contribution in [0.5, 0.6) is 0 Å². The molecule has 56 valence electrons. The predicted molar refractivity (Wildman–Crippen MR) is 27.3 cm³/mol. The Labute approximate surface area is 56.1 Å². The molecule has 0 bridgehead atoms. The number of hydroxylamine groups is 2. The largest absolute Gasteiger partial charge is 0.291 e. The minimum Gasteiger partial charge on any atom is -0.291 e. The monoisotopic (exact) mass is 146 g/mol. The molecule has 0 spiro atoms. The van der Waals surface area contributed by atoms with Crippen LogP contribution in [0.3, 0.4) is 0 Å². The van der Waals surface area contributed by atoms with Crippen molar-refractivity contribution in [1.82, 2.24) is 5.06 Å². The van der Waals surface area contributed by atoms with Crippen LogP contribution in [0.15, 0.2) is 0 Å². The highest BCUT2D eigenvalue weighted by Crippen LogP contribution is 2.11. The minimum absolute atomic E-state index is 0.0114. The van der Waals surface area contributed by atoms with Crippen molar-refractivity contribution in [1.29, 1.82) is 0 Å². The Morgan fingerprint density at radius 2 is 2.30 bits per heavy atom. The van der Waals surface area contributed by atoms with Gasteiger partial charge in [0.2, 0.25) is 0 Å². The maximum atomic E-state index is 10.6. The molecule has 0 aliphatic carbocycles. The zero-order chi connectivity index (χ0) is 7.72. The van der Waals surface area contributed by atoms with Gasteiger partial charge in [-0.2, -0.15) is 5.06 Å². The number of imide groups is 1. The number of rotatable bonds is 1. The summed E-state index contributed by atoms with van der Waals surface area (Å²) in [4.78, 5) is 25.2. The molecule has 0 aromatic rings. The Morgan fingerprint density at radius 1 is 1.70 bits per heavy atom. The van der Waals surface area contributed by atoms with Gasteiger partial charge in [-0.05, 0) is 0 Å². The van der Waals surface area contributed by atoms with Gasteiger partial charge in [0.1, 0.15) is 0 Å². The number of carbonyl (C=O) groups is 2. The fourth-order valence-corrected chi connectivity index (χ4v) is 0.698. The molecule has 0 aromatic heterocycles. The van der Waals surface area contributed by atoms with E-state index in [1.54, 1.807) is 0 Å². The van der Waals surface area contributed by atoms with Crippen LogP contribution in [0.4, 0.5) is 0 Å². The molecule has 2 amide bonds. The molecule has 1 aliphatic rings. The molecule has 1 unspecified atom stereocenters. The third-order valence-electron chi connectivity index (χ3n) is 1.24. The van der Waals surface area contributed by atoms with Crippen LogP contribution < -0.4 is 5.90 Å². The highest BCUT2D eigenvalue weighted by Gasteiger charge is 2.38. The van der Waals surface area contributed by atoms with Gasteiger partial charge in [-0.15, -0.1) is 0 Å². The van der Waals surface area contributed by atoms with Crippen molar-refractivity contribution in [2.45, 2.75) is 12.5 Å². The van der Waals surface area contributed by atoms with Crippen molar-refractivity contribution < 1.29 is 19.6 Å². The van der Waals surface area contributed by atoms with Gasteiger partial charge in [0.25, 0.3) is 11.8 Å². The van der Waals surface area contributed by atoms with E-state index >= 15 is 0 Å². The summed E-state index contributed by atoms with van der Waals surface area (Å²) < 4.78 is 0. The molecule has 0 aromatic carbocycles. The van der Waals surface area contributed by atoms with Gasteiger partial charge in [0.05, 0.1) is 6.42 Å². The van der Waals surface area contributed by atoms with Gasteiger partial charge in [-0.3, -0.25) is 19.6 Å². The lowest BCUT2D eigenvalue weighted by Crippen LogP contribution is -2.30. The lowest BCUT2D eigenvalue weighted by atomic mass is 10.3. The van der Waals surface area contributed by atoms with Crippen molar-refractivity contribution in [3.63, 3.8) is 0 Å². The van der Waals surface area contributed by atoms with E-state index in [0.717, 1.165) is 0 Å². The molecule has 1 saturated heterocycles. The van der Waals surface area contributed by atoms with E-state index in [4.69, 9.17) is 5.21 Å². The standard InChI is InChI=1S/C4H6N2O4/c5-10-2-1-3(7)6(9)4(2)8/h2,9H,1,5H2. The van der Waals surface area contributed by atoms with E-state index < -0.39 is 17.9 Å². The molecular formula is C4H6N2O4. The van der Waals surface area contributed by atoms with Gasteiger partial charge in [0, 0.05) is 0 Å². The number of nitrogens with two attached hydrogens (primary N) is 1. The van der Waals surface area contributed by atoms with Crippen LogP contribution in [-0.4, -0.2) is 28.2 Å². The number of nitrogens with zero attached hydrogens (tertiary/aromatic N) is 1. The fraction of sp³-hybridized carbons (Fsp3) is 0.500. The van der Waals surface area contributed by atoms with Crippen molar-refractivity contribution in [3.05, 3.63) is 0 Å². The molecule has 0 radical (unpaired) electrons. The Morgan fingerprint density at radius 3 is 2.50 bits per heavy atom. The summed E-state index contributed by atoms with van der Waals surface area (Å²) in [5.74, 6) is 3.13. The minimum atomic E-state index is -1.02. The van der Waals surface area contributed by atoms with E-state index in [2.05, 4.69) is 10.7 Å². The van der Waals surface area contributed by atoms with Crippen molar-refractivity contribution in [2.24, 2.45) is 5.90 Å². The van der Waals surface area contributed by atoms with Crippen LogP contribution in [0.1, 0.15) is 6.42 Å². The van der Waals surface area contributed by atoms with Crippen LogP contribution in [0.25, 0.3) is 0 Å². The van der Waals surface area contributed by atoms with Crippen LogP contribution >= 0.6 is 0 Å². The first kappa shape index (κ1) is 7.13. The third kappa shape index (κ3) is 0.878. The highest BCUT2D eigenvalue weighted by atomic mass is 16.6. The first-order chi connectivity index (χ1) is 4.66. The average Bonchev–Trinajstić information content (AvgIpc) is 2.17. The fourth-order valence-electron chi connectivity index (χ4n) is 0.698. The maximum Gasteiger partial charge on any atom is 0.285 e. The molecule has 0 saturated carbocycles. The number of carbonyl (C=O) groups excluding carboxylic acids is 2. The molecule has 1 atom stereocenters. The molecule has 1 heterocycles. The maximum absolute atomic E-state index is 10.6. The van der Waals surface area contributed by atoms with Crippen LogP contribution in [-0.2, 0) is 14.4 Å². The van der Waals surface area contributed by atoms with Crippen molar-refractivity contribution in [2.75, 3.05) is 0 Å². The summed E-state index contributed by atoms with van der Waals surface area (Å²) in [5.41, 5.74) is 0. The quantitative estimate of drug-likeness (QED) is 0.264. The second kappa shape index (κ2) is 2.33. The zero-order valence-electron chi connectivity index (χ0n) is 4.98. The summed E-state index contributed by atoms with van der Waals surface area (Å²) in [5, 5.41) is 8.58. The first-order valence-corrected chi connectivity index (χ1v) is 2.58. The Balaban J connectivity index is 2.71. The van der Waals surface area contributed by atoms with Gasteiger partial charge >= 0.3 is 0 Å². The molecule has 10 heavy (non-hydrogen) atoms. The topological polar surface area (TPSA) is 92.9 Å². The first-order valence-electron chi connectivity index (χ1n) is 2.58. The lowest BCUT2D eigenvalue weighted by Gasteiger charge is -2.02. The molecule has 1 fully saturated rings. The Bertz CT molecular complexity index is 180. The van der Waals surface area contributed by atoms with Crippen molar-refractivity contribution >= 4 is 11.8 Å². The van der Waals surface area contributed by atoms with Crippen molar-refractivity contribution in [3.8, 4) is 0 Å². The Kier molecular flexibility index (Phi) is 1.66. The van der Waals surface area contributed by atoms with Gasteiger partial charge in [0.15, 0.2) is 6.10 Å². The summed E-state index contributed by atoms with van der Waals surface area (Å²) in [6.45, 7) is 0. The lowest BCUT2D eigenvalue weighted by molar-refractivity contribution is -0.174. The molecular weight excluding hydrogens is 140 g/mol. The van der Waals surface area contributed by atoms with Gasteiger partial charge < -0.3 is 0 Å². The number of hydrogen-bond acceptors (Lipinski definition) is 5. The number of amides is 2. The summed E-state index contributed by atoms with van der Waals surface area (Å²) >= 11 is 0. The van der Waals surface area contributed by atoms with E-state index in [-0.39, 0.29) is 11.5 Å². The third-order valence-corrected chi connectivity index (χ3v) is 1.24. The van der Waals surface area contributed by atoms with Gasteiger partial charge in [-0.1, -0.05) is 0 Å². The predicted octanol–water partition coefficient (Wildman–Crippen LogP) is -1.61. The van der Waals surface area contributed by atoms with Gasteiger partial charge in [-0.25, -0.2) is 5.90 Å². The zero-order valence-corrected chi connectivity index (χ0v) is 4.98. The molecule has 3 N–H and O–H groups in total. The van der Waals surface area contributed by atoms with Crippen LogP contribution in [0.2, 0.25) is 0 Å². The molecule has 6 nitrogen and oxygen atoms in total. The van der Waals surface area contributed by atoms with E-state index in [1.807, 2.05) is 0 Å². The smallest absolute Gasteiger partial charge is 0.285 e. The molecule has 1 aliphatic heterocycles. The second-order valence-corrected chi connectivity index (χ2v) is 1.87. The summed E-state index contributed by atoms with van der Waals surface area (Å²) in [6, 6.07) is 0. The normalized spacial score (nSPS) is 26.2. The second-order valence-electron chi connectivity index (χ2n) is 1.87. The average molecular weight is 146 g/mol. The molecule has 6 heteroatoms. The number of hydrogen-bond donors (Lipinski definition) is 2. The summed E-state index contributed by atoms with van der Waals surface area (Å²) in [6.07, 6.45) is -1.20. The van der Waals surface area contributed by atoms with Crippen LogP contribution in [0, 0.1) is 0 Å². The SMILES string of the molecule is NOC1CC(=O)N(O)C1=O. The summed E-state index contributed by atoms with van der Waals surface area (Å²) in [7, 11) is 0.